The van der Waals surface area contributed by atoms with Crippen molar-refractivity contribution in [2.45, 2.75) is 96.5 Å². The SMILES string of the molecule is CCCCCCOC(=O)NC(=N)c1ccc(NC(=O)CCC2CCN(CC(=O)OC3CCCCC3)CC2)cc1. The summed E-state index contributed by atoms with van der Waals surface area (Å²) in [6.45, 7) is 4.56. The normalized spacial score (nSPS) is 16.8. The minimum atomic E-state index is -0.626. The van der Waals surface area contributed by atoms with E-state index < -0.39 is 6.09 Å². The zero-order valence-electron chi connectivity index (χ0n) is 23.5. The molecule has 3 rings (SSSR count). The van der Waals surface area contributed by atoms with Gasteiger partial charge in [0.2, 0.25) is 5.91 Å². The number of carbonyl (C=O) groups is 3. The molecule has 1 aliphatic carbocycles. The van der Waals surface area contributed by atoms with Crippen LogP contribution in [0.1, 0.15) is 96.0 Å². The minimum absolute atomic E-state index is 0.0407. The van der Waals surface area contributed by atoms with Crippen molar-refractivity contribution in [2.75, 3.05) is 31.6 Å². The van der Waals surface area contributed by atoms with Crippen LogP contribution in [-0.4, -0.2) is 61.1 Å². The standard InChI is InChI=1S/C30H46N4O5/c1-2-3-4-8-21-38-30(37)33-29(31)24-12-14-25(15-13-24)32-27(35)16-11-23-17-19-34(20-18-23)22-28(36)39-26-9-6-5-7-10-26/h12-15,23,26H,2-11,16-22H2,1H3,(H,32,35)(H2,31,33,37). The van der Waals surface area contributed by atoms with Crippen molar-refractivity contribution in [1.29, 1.82) is 5.41 Å². The predicted octanol–water partition coefficient (Wildman–Crippen LogP) is 5.63. The van der Waals surface area contributed by atoms with Gasteiger partial charge in [-0.2, -0.15) is 0 Å². The first-order chi connectivity index (χ1) is 18.9. The fraction of sp³-hybridized carbons (Fsp3) is 0.667. The molecule has 1 saturated carbocycles. The fourth-order valence-corrected chi connectivity index (χ4v) is 5.20. The number of benzene rings is 1. The Morgan fingerprint density at radius 2 is 1.69 bits per heavy atom. The number of hydrogen-bond donors (Lipinski definition) is 3. The second-order valence-corrected chi connectivity index (χ2v) is 10.8. The Bertz CT molecular complexity index is 922. The summed E-state index contributed by atoms with van der Waals surface area (Å²) in [6.07, 6.45) is 12.3. The van der Waals surface area contributed by atoms with Crippen molar-refractivity contribution >= 4 is 29.5 Å². The van der Waals surface area contributed by atoms with E-state index in [0.717, 1.165) is 83.7 Å². The molecule has 216 valence electrons. The number of alkyl carbamates (subject to hydrolysis) is 1. The van der Waals surface area contributed by atoms with Crippen LogP contribution in [0.2, 0.25) is 0 Å². The highest BCUT2D eigenvalue weighted by Gasteiger charge is 2.24. The van der Waals surface area contributed by atoms with Crippen molar-refractivity contribution < 1.29 is 23.9 Å². The minimum Gasteiger partial charge on any atom is -0.461 e. The Balaban J connectivity index is 1.28. The van der Waals surface area contributed by atoms with Crippen molar-refractivity contribution in [2.24, 2.45) is 5.92 Å². The van der Waals surface area contributed by atoms with E-state index in [9.17, 15) is 14.4 Å². The van der Waals surface area contributed by atoms with Crippen molar-refractivity contribution in [3.05, 3.63) is 29.8 Å². The van der Waals surface area contributed by atoms with Gasteiger partial charge in [-0.15, -0.1) is 0 Å². The molecule has 0 radical (unpaired) electrons. The lowest BCUT2D eigenvalue weighted by atomic mass is 9.92. The van der Waals surface area contributed by atoms with Gasteiger partial charge in [0, 0.05) is 17.7 Å². The molecule has 2 aliphatic rings. The number of nitrogens with zero attached hydrogens (tertiary/aromatic N) is 1. The Kier molecular flexibility index (Phi) is 13.3. The maximum absolute atomic E-state index is 12.5. The van der Waals surface area contributed by atoms with Crippen LogP contribution < -0.4 is 10.6 Å². The van der Waals surface area contributed by atoms with E-state index in [0.29, 0.717) is 36.7 Å². The lowest BCUT2D eigenvalue weighted by molar-refractivity contribution is -0.152. The molecule has 0 unspecified atom stereocenters. The number of hydrogen-bond acceptors (Lipinski definition) is 7. The summed E-state index contributed by atoms with van der Waals surface area (Å²) in [4.78, 5) is 38.8. The van der Waals surface area contributed by atoms with E-state index in [2.05, 4.69) is 22.5 Å². The number of ether oxygens (including phenoxy) is 2. The van der Waals surface area contributed by atoms with E-state index in [-0.39, 0.29) is 23.8 Å². The summed E-state index contributed by atoms with van der Waals surface area (Å²) in [5, 5.41) is 13.4. The third-order valence-corrected chi connectivity index (χ3v) is 7.61. The van der Waals surface area contributed by atoms with Crippen molar-refractivity contribution in [1.82, 2.24) is 10.2 Å². The lowest BCUT2D eigenvalue weighted by Crippen LogP contribution is -2.39. The Morgan fingerprint density at radius 3 is 2.38 bits per heavy atom. The number of esters is 1. The Labute approximate surface area is 232 Å². The molecule has 1 aliphatic heterocycles. The van der Waals surface area contributed by atoms with Crippen LogP contribution in [0.15, 0.2) is 24.3 Å². The van der Waals surface area contributed by atoms with Gasteiger partial charge in [-0.25, -0.2) is 4.79 Å². The molecule has 0 spiro atoms. The van der Waals surface area contributed by atoms with Crippen LogP contribution in [0.5, 0.6) is 0 Å². The smallest absolute Gasteiger partial charge is 0.412 e. The molecule has 1 saturated heterocycles. The zero-order valence-corrected chi connectivity index (χ0v) is 23.5. The highest BCUT2D eigenvalue weighted by atomic mass is 16.5. The Morgan fingerprint density at radius 1 is 0.974 bits per heavy atom. The molecule has 1 heterocycles. The number of rotatable bonds is 13. The molecule has 39 heavy (non-hydrogen) atoms. The van der Waals surface area contributed by atoms with Crippen LogP contribution in [0.3, 0.4) is 0 Å². The van der Waals surface area contributed by atoms with Crippen LogP contribution in [0, 0.1) is 11.3 Å². The van der Waals surface area contributed by atoms with E-state index in [1.54, 1.807) is 24.3 Å². The number of carbonyl (C=O) groups excluding carboxylic acids is 3. The van der Waals surface area contributed by atoms with Crippen LogP contribution in [0.25, 0.3) is 0 Å². The van der Waals surface area contributed by atoms with Crippen molar-refractivity contribution in [3.8, 4) is 0 Å². The van der Waals surface area contributed by atoms with Gasteiger partial charge in [-0.3, -0.25) is 25.2 Å². The Hall–Kier alpha value is -2.94. The van der Waals surface area contributed by atoms with Crippen molar-refractivity contribution in [3.63, 3.8) is 0 Å². The van der Waals surface area contributed by atoms with E-state index >= 15 is 0 Å². The number of likely N-dealkylation sites (tertiary alicyclic amines) is 1. The molecule has 2 fully saturated rings. The lowest BCUT2D eigenvalue weighted by Gasteiger charge is -2.31. The first-order valence-corrected chi connectivity index (χ1v) is 14.8. The summed E-state index contributed by atoms with van der Waals surface area (Å²) < 4.78 is 10.8. The molecule has 9 nitrogen and oxygen atoms in total. The summed E-state index contributed by atoms with van der Waals surface area (Å²) >= 11 is 0. The largest absolute Gasteiger partial charge is 0.461 e. The molecule has 0 atom stereocenters. The molecule has 9 heteroatoms. The number of amides is 2. The molecular formula is C30H46N4O5. The average Bonchev–Trinajstić information content (AvgIpc) is 2.93. The molecule has 0 bridgehead atoms. The summed E-state index contributed by atoms with van der Waals surface area (Å²) in [6, 6.07) is 6.83. The third kappa shape index (κ3) is 11.8. The molecular weight excluding hydrogens is 496 g/mol. The number of anilines is 1. The number of unbranched alkanes of at least 4 members (excludes halogenated alkanes) is 3. The van der Waals surface area contributed by atoms with Gasteiger partial charge < -0.3 is 14.8 Å². The maximum atomic E-state index is 12.5. The first kappa shape index (κ1) is 30.6. The molecule has 0 aromatic heterocycles. The third-order valence-electron chi connectivity index (χ3n) is 7.61. The monoisotopic (exact) mass is 542 g/mol. The van der Waals surface area contributed by atoms with Gasteiger partial charge in [0.05, 0.1) is 13.2 Å². The topological polar surface area (TPSA) is 121 Å². The number of nitrogens with one attached hydrogen (secondary N) is 3. The molecule has 1 aromatic carbocycles. The van der Waals surface area contributed by atoms with E-state index in [1.807, 2.05) is 0 Å². The van der Waals surface area contributed by atoms with Gasteiger partial charge in [0.1, 0.15) is 11.9 Å². The fourth-order valence-electron chi connectivity index (χ4n) is 5.20. The van der Waals surface area contributed by atoms with Gasteiger partial charge in [0.25, 0.3) is 0 Å². The average molecular weight is 543 g/mol. The highest BCUT2D eigenvalue weighted by Crippen LogP contribution is 2.23. The quantitative estimate of drug-likeness (QED) is 0.129. The zero-order chi connectivity index (χ0) is 27.9. The predicted molar refractivity (Wildman–Crippen MR) is 152 cm³/mol. The van der Waals surface area contributed by atoms with E-state index in [4.69, 9.17) is 14.9 Å². The molecule has 2 amide bonds. The second kappa shape index (κ2) is 16.9. The number of piperidine rings is 1. The summed E-state index contributed by atoms with van der Waals surface area (Å²) in [5.74, 6) is 0.289. The van der Waals surface area contributed by atoms with Gasteiger partial charge in [-0.1, -0.05) is 32.6 Å². The van der Waals surface area contributed by atoms with E-state index in [1.165, 1.54) is 6.42 Å². The first-order valence-electron chi connectivity index (χ1n) is 14.8. The molecule has 1 aromatic rings. The van der Waals surface area contributed by atoms with Gasteiger partial charge in [0.15, 0.2) is 0 Å². The van der Waals surface area contributed by atoms with Gasteiger partial charge in [-0.05, 0) is 94.6 Å². The maximum Gasteiger partial charge on any atom is 0.412 e. The van der Waals surface area contributed by atoms with Crippen LogP contribution >= 0.6 is 0 Å². The molecule has 3 N–H and O–H groups in total. The van der Waals surface area contributed by atoms with Crippen LogP contribution in [-0.2, 0) is 19.1 Å². The summed E-state index contributed by atoms with van der Waals surface area (Å²) in [7, 11) is 0. The highest BCUT2D eigenvalue weighted by molar-refractivity contribution is 6.04. The summed E-state index contributed by atoms with van der Waals surface area (Å²) in [5.41, 5.74) is 1.19. The number of amidine groups is 1. The van der Waals surface area contributed by atoms with Crippen LogP contribution in [0.4, 0.5) is 10.5 Å². The second-order valence-electron chi connectivity index (χ2n) is 10.8. The van der Waals surface area contributed by atoms with Gasteiger partial charge >= 0.3 is 12.1 Å².